The number of benzene rings is 1. The monoisotopic (exact) mass is 209 g/mol. The van der Waals surface area contributed by atoms with E-state index in [1.807, 2.05) is 0 Å². The molecule has 1 rings (SSSR count). The molecule has 0 aliphatic carbocycles. The van der Waals surface area contributed by atoms with E-state index in [1.54, 1.807) is 26.0 Å². The number of nitrogens with zero attached hydrogens (tertiary/aromatic N) is 1. The molecule has 0 saturated heterocycles. The third kappa shape index (κ3) is 2.87. The topological polar surface area (TPSA) is 43.1 Å². The van der Waals surface area contributed by atoms with Gasteiger partial charge in [0.15, 0.2) is 0 Å². The lowest BCUT2D eigenvalue weighted by Gasteiger charge is -2.02. The van der Waals surface area contributed by atoms with E-state index in [2.05, 4.69) is 0 Å². The summed E-state index contributed by atoms with van der Waals surface area (Å²) in [7, 11) is 0. The molecule has 0 atom stereocenters. The molecule has 1 aromatic rings. The van der Waals surface area contributed by atoms with E-state index in [0.29, 0.717) is 0 Å². The maximum atomic E-state index is 13.2. The number of hydrogen-bond acceptors (Lipinski definition) is 2. The normalized spacial score (nSPS) is 11.9. The molecule has 0 amide bonds. The second-order valence-electron chi connectivity index (χ2n) is 3.50. The van der Waals surface area contributed by atoms with Crippen molar-refractivity contribution < 1.29 is 9.31 Å². The predicted octanol–water partition coefficient (Wildman–Crippen LogP) is 3.10. The molecule has 1 aromatic carbocycles. The first kappa shape index (κ1) is 11.4. The Kier molecular flexibility index (Phi) is 3.55. The third-order valence-electron chi connectivity index (χ3n) is 2.01. The largest absolute Gasteiger partial charge is 0.259 e. The average molecular weight is 209 g/mol. The lowest BCUT2D eigenvalue weighted by atomic mass is 10.1. The van der Waals surface area contributed by atoms with E-state index in [0.717, 1.165) is 0 Å². The fourth-order valence-corrected chi connectivity index (χ4v) is 1.18. The van der Waals surface area contributed by atoms with Crippen molar-refractivity contribution in [1.29, 1.82) is 0 Å². The zero-order valence-corrected chi connectivity index (χ0v) is 8.61. The van der Waals surface area contributed by atoms with Crippen molar-refractivity contribution >= 4 is 6.08 Å². The summed E-state index contributed by atoms with van der Waals surface area (Å²) in [4.78, 5) is 10.2. The van der Waals surface area contributed by atoms with Gasteiger partial charge in [-0.2, -0.15) is 0 Å². The van der Waals surface area contributed by atoms with Crippen LogP contribution in [0.1, 0.15) is 19.4 Å². The summed E-state index contributed by atoms with van der Waals surface area (Å²) in [5.74, 6) is -0.683. The number of halogens is 1. The summed E-state index contributed by atoms with van der Waals surface area (Å²) in [5, 5.41) is 10.7. The number of nitro groups is 1. The average Bonchev–Trinajstić information content (AvgIpc) is 2.15. The van der Waals surface area contributed by atoms with Crippen molar-refractivity contribution in [2.45, 2.75) is 13.8 Å². The van der Waals surface area contributed by atoms with Crippen molar-refractivity contribution in [2.24, 2.45) is 5.92 Å². The van der Waals surface area contributed by atoms with Crippen LogP contribution in [0, 0.1) is 21.8 Å². The Morgan fingerprint density at radius 1 is 1.47 bits per heavy atom. The molecule has 0 aromatic heterocycles. The van der Waals surface area contributed by atoms with Crippen LogP contribution in [-0.2, 0) is 0 Å². The van der Waals surface area contributed by atoms with Gasteiger partial charge < -0.3 is 0 Å². The van der Waals surface area contributed by atoms with E-state index in [1.165, 1.54) is 18.2 Å². The Labute approximate surface area is 87.4 Å². The van der Waals surface area contributed by atoms with Crippen molar-refractivity contribution in [3.05, 3.63) is 51.5 Å². The van der Waals surface area contributed by atoms with Crippen LogP contribution in [0.4, 0.5) is 4.39 Å². The Morgan fingerprint density at radius 3 is 2.53 bits per heavy atom. The van der Waals surface area contributed by atoms with Crippen molar-refractivity contribution in [3.8, 4) is 0 Å². The molecule has 0 spiro atoms. The fraction of sp³-hybridized carbons (Fsp3) is 0.273. The summed E-state index contributed by atoms with van der Waals surface area (Å²) in [6.07, 6.45) is 1.28. The molecule has 0 aliphatic heterocycles. The smallest absolute Gasteiger partial charge is 0.249 e. The van der Waals surface area contributed by atoms with Gasteiger partial charge in [-0.05, 0) is 6.07 Å². The lowest BCUT2D eigenvalue weighted by molar-refractivity contribution is -0.431. The first-order valence-corrected chi connectivity index (χ1v) is 4.63. The second-order valence-corrected chi connectivity index (χ2v) is 3.50. The fourth-order valence-electron chi connectivity index (χ4n) is 1.18. The van der Waals surface area contributed by atoms with Gasteiger partial charge in [0.05, 0.1) is 4.92 Å². The van der Waals surface area contributed by atoms with Crippen molar-refractivity contribution in [1.82, 2.24) is 0 Å². The summed E-state index contributed by atoms with van der Waals surface area (Å²) >= 11 is 0. The standard InChI is InChI=1S/C11H12FNO2/c1-8(2)11(13(14)15)7-9-5-3-4-6-10(9)12/h3-8H,1-2H3/b11-7-. The highest BCUT2D eigenvalue weighted by atomic mass is 19.1. The van der Waals surface area contributed by atoms with E-state index < -0.39 is 10.7 Å². The zero-order chi connectivity index (χ0) is 11.4. The number of hydrogen-bond donors (Lipinski definition) is 0. The van der Waals surface area contributed by atoms with Gasteiger partial charge in [0.1, 0.15) is 5.82 Å². The van der Waals surface area contributed by atoms with Crippen LogP contribution < -0.4 is 0 Å². The molecule has 0 unspecified atom stereocenters. The molecule has 3 nitrogen and oxygen atoms in total. The summed E-state index contributed by atoms with van der Waals surface area (Å²) in [6, 6.07) is 5.99. The van der Waals surface area contributed by atoms with Gasteiger partial charge in [0, 0.05) is 17.6 Å². The highest BCUT2D eigenvalue weighted by Gasteiger charge is 2.16. The van der Waals surface area contributed by atoms with Crippen LogP contribution in [0.3, 0.4) is 0 Å². The molecule has 0 saturated carbocycles. The summed E-state index contributed by atoms with van der Waals surface area (Å²) < 4.78 is 13.2. The van der Waals surface area contributed by atoms with Crippen molar-refractivity contribution in [3.63, 3.8) is 0 Å². The quantitative estimate of drug-likeness (QED) is 0.567. The molecule has 0 heterocycles. The van der Waals surface area contributed by atoms with Crippen LogP contribution in [-0.4, -0.2) is 4.92 Å². The van der Waals surface area contributed by atoms with E-state index in [4.69, 9.17) is 0 Å². The maximum absolute atomic E-state index is 13.2. The summed E-state index contributed by atoms with van der Waals surface area (Å²) in [5.41, 5.74) is 0.262. The van der Waals surface area contributed by atoms with Gasteiger partial charge in [-0.25, -0.2) is 4.39 Å². The third-order valence-corrected chi connectivity index (χ3v) is 2.01. The Bertz CT molecular complexity index is 399. The second kappa shape index (κ2) is 4.68. The first-order chi connectivity index (χ1) is 7.02. The highest BCUT2D eigenvalue weighted by molar-refractivity contribution is 5.51. The molecule has 15 heavy (non-hydrogen) atoms. The predicted molar refractivity (Wildman–Crippen MR) is 56.2 cm³/mol. The van der Waals surface area contributed by atoms with E-state index >= 15 is 0 Å². The molecule has 0 radical (unpaired) electrons. The maximum Gasteiger partial charge on any atom is 0.249 e. The minimum atomic E-state index is -0.475. The first-order valence-electron chi connectivity index (χ1n) is 4.63. The van der Waals surface area contributed by atoms with Crippen LogP contribution >= 0.6 is 0 Å². The molecule has 4 heteroatoms. The van der Waals surface area contributed by atoms with Gasteiger partial charge in [0.25, 0.3) is 0 Å². The number of allylic oxidation sites excluding steroid dienone is 1. The Hall–Kier alpha value is -1.71. The van der Waals surface area contributed by atoms with Crippen LogP contribution in [0.2, 0.25) is 0 Å². The molecule has 0 aliphatic rings. The lowest BCUT2D eigenvalue weighted by Crippen LogP contribution is -2.05. The molecule has 0 fully saturated rings. The van der Waals surface area contributed by atoms with Gasteiger partial charge in [-0.15, -0.1) is 0 Å². The van der Waals surface area contributed by atoms with Crippen LogP contribution in [0.5, 0.6) is 0 Å². The Morgan fingerprint density at radius 2 is 2.07 bits per heavy atom. The van der Waals surface area contributed by atoms with E-state index in [-0.39, 0.29) is 17.2 Å². The molecule has 0 bridgehead atoms. The molecule has 80 valence electrons. The minimum Gasteiger partial charge on any atom is -0.259 e. The van der Waals surface area contributed by atoms with Gasteiger partial charge in [0.2, 0.25) is 5.70 Å². The van der Waals surface area contributed by atoms with Gasteiger partial charge in [-0.3, -0.25) is 10.1 Å². The molecular weight excluding hydrogens is 197 g/mol. The van der Waals surface area contributed by atoms with Crippen molar-refractivity contribution in [2.75, 3.05) is 0 Å². The Balaban J connectivity index is 3.14. The van der Waals surface area contributed by atoms with Gasteiger partial charge >= 0.3 is 0 Å². The molecule has 0 N–H and O–H groups in total. The molecular formula is C11H12FNO2. The highest BCUT2D eigenvalue weighted by Crippen LogP contribution is 2.17. The van der Waals surface area contributed by atoms with Crippen LogP contribution in [0.15, 0.2) is 30.0 Å². The van der Waals surface area contributed by atoms with E-state index in [9.17, 15) is 14.5 Å². The van der Waals surface area contributed by atoms with Gasteiger partial charge in [-0.1, -0.05) is 32.0 Å². The van der Waals surface area contributed by atoms with Crippen LogP contribution in [0.25, 0.3) is 6.08 Å². The SMILES string of the molecule is CC(C)/C(=C/c1ccccc1F)[N+](=O)[O-]. The minimum absolute atomic E-state index is 0.0140. The zero-order valence-electron chi connectivity index (χ0n) is 8.61. The summed E-state index contributed by atoms with van der Waals surface area (Å²) in [6.45, 7) is 3.41. The number of rotatable bonds is 3.